The van der Waals surface area contributed by atoms with E-state index in [0.29, 0.717) is 16.8 Å². The highest BCUT2D eigenvalue weighted by atomic mass is 16.5. The second-order valence-corrected chi connectivity index (χ2v) is 6.30. The Morgan fingerprint density at radius 1 is 1.25 bits per heavy atom. The van der Waals surface area contributed by atoms with Gasteiger partial charge in [-0.1, -0.05) is 6.07 Å². The van der Waals surface area contributed by atoms with Crippen molar-refractivity contribution in [2.75, 3.05) is 11.9 Å². The van der Waals surface area contributed by atoms with Crippen molar-refractivity contribution in [2.24, 2.45) is 0 Å². The van der Waals surface area contributed by atoms with Crippen LogP contribution in [0.4, 0.5) is 5.69 Å². The predicted molar refractivity (Wildman–Crippen MR) is 90.2 cm³/mol. The number of aliphatic hydroxyl groups excluding tert-OH is 3. The molecule has 1 aromatic carbocycles. The van der Waals surface area contributed by atoms with Gasteiger partial charge in [-0.25, -0.2) is 0 Å². The van der Waals surface area contributed by atoms with Gasteiger partial charge < -0.3 is 30.4 Å². The second-order valence-electron chi connectivity index (χ2n) is 6.30. The van der Waals surface area contributed by atoms with Gasteiger partial charge in [0.25, 0.3) is 5.56 Å². The fourth-order valence-corrected chi connectivity index (χ4v) is 3.10. The van der Waals surface area contributed by atoms with Crippen LogP contribution in [0.3, 0.4) is 0 Å². The molecule has 24 heavy (non-hydrogen) atoms. The number of benzene rings is 1. The highest BCUT2D eigenvalue weighted by molar-refractivity contribution is 5.82. The maximum absolute atomic E-state index is 11.8. The fraction of sp³-hybridized carbons (Fsp3) is 0.471. The van der Waals surface area contributed by atoms with Crippen molar-refractivity contribution in [1.82, 2.24) is 4.98 Å². The van der Waals surface area contributed by atoms with Crippen LogP contribution in [0.25, 0.3) is 10.9 Å². The molecule has 7 nitrogen and oxygen atoms in total. The monoisotopic (exact) mass is 334 g/mol. The highest BCUT2D eigenvalue weighted by Gasteiger charge is 2.42. The molecule has 1 aliphatic heterocycles. The molecule has 0 radical (unpaired) electrons. The quantitative estimate of drug-likeness (QED) is 0.545. The lowest BCUT2D eigenvalue weighted by molar-refractivity contribution is -0.180. The molecule has 0 spiro atoms. The lowest BCUT2D eigenvalue weighted by Gasteiger charge is -2.41. The minimum Gasteiger partial charge on any atom is -0.394 e. The van der Waals surface area contributed by atoms with Crippen LogP contribution in [-0.4, -0.2) is 57.4 Å². The van der Waals surface area contributed by atoms with E-state index in [9.17, 15) is 20.1 Å². The van der Waals surface area contributed by atoms with E-state index in [1.165, 1.54) is 0 Å². The van der Waals surface area contributed by atoms with Crippen LogP contribution in [0, 0.1) is 6.92 Å². The van der Waals surface area contributed by atoms with Crippen molar-refractivity contribution in [1.29, 1.82) is 0 Å². The number of hydrogen-bond acceptors (Lipinski definition) is 6. The Balaban J connectivity index is 1.86. The van der Waals surface area contributed by atoms with Gasteiger partial charge in [0, 0.05) is 11.3 Å². The largest absolute Gasteiger partial charge is 0.394 e. The SMILES string of the molecule is Cc1cc2ccc(NC3C(C)OC(CO)C(O)C3O)cc2[nH]c1=O. The Morgan fingerprint density at radius 3 is 2.71 bits per heavy atom. The zero-order valence-corrected chi connectivity index (χ0v) is 13.6. The van der Waals surface area contributed by atoms with Crippen LogP contribution in [0.15, 0.2) is 29.1 Å². The van der Waals surface area contributed by atoms with Gasteiger partial charge in [-0.3, -0.25) is 4.79 Å². The molecule has 2 aromatic rings. The molecule has 0 amide bonds. The summed E-state index contributed by atoms with van der Waals surface area (Å²) in [6.07, 6.45) is -3.47. The molecular formula is C17H22N2O5. The van der Waals surface area contributed by atoms with Crippen LogP contribution in [0.5, 0.6) is 0 Å². The average Bonchev–Trinajstić information content (AvgIpc) is 2.56. The first-order valence-corrected chi connectivity index (χ1v) is 7.93. The van der Waals surface area contributed by atoms with Gasteiger partial charge in [0.15, 0.2) is 0 Å². The zero-order valence-electron chi connectivity index (χ0n) is 13.6. The minimum absolute atomic E-state index is 0.143. The summed E-state index contributed by atoms with van der Waals surface area (Å²) in [4.78, 5) is 14.6. The molecule has 0 bridgehead atoms. The Morgan fingerprint density at radius 2 is 2.00 bits per heavy atom. The topological polar surface area (TPSA) is 115 Å². The maximum atomic E-state index is 11.8. The van der Waals surface area contributed by atoms with Gasteiger partial charge in [0.05, 0.1) is 24.3 Å². The van der Waals surface area contributed by atoms with Crippen LogP contribution in [0.1, 0.15) is 12.5 Å². The Bertz CT molecular complexity index is 790. The van der Waals surface area contributed by atoms with E-state index in [1.807, 2.05) is 18.2 Å². The van der Waals surface area contributed by atoms with Gasteiger partial charge >= 0.3 is 0 Å². The van der Waals surface area contributed by atoms with E-state index in [0.717, 1.165) is 5.39 Å². The van der Waals surface area contributed by atoms with Gasteiger partial charge in [0.1, 0.15) is 18.3 Å². The van der Waals surface area contributed by atoms with Crippen LogP contribution >= 0.6 is 0 Å². The van der Waals surface area contributed by atoms with E-state index >= 15 is 0 Å². The number of anilines is 1. The van der Waals surface area contributed by atoms with Gasteiger partial charge in [-0.2, -0.15) is 0 Å². The molecule has 7 heteroatoms. The highest BCUT2D eigenvalue weighted by Crippen LogP contribution is 2.25. The lowest BCUT2D eigenvalue weighted by atomic mass is 9.93. The second kappa shape index (κ2) is 6.52. The maximum Gasteiger partial charge on any atom is 0.251 e. The molecule has 1 aliphatic rings. The first kappa shape index (κ1) is 16.9. The molecule has 130 valence electrons. The summed E-state index contributed by atoms with van der Waals surface area (Å²) in [7, 11) is 0. The first-order valence-electron chi connectivity index (χ1n) is 7.93. The number of H-pyrrole nitrogens is 1. The number of nitrogens with one attached hydrogen (secondary N) is 2. The summed E-state index contributed by atoms with van der Waals surface area (Å²) in [6, 6.07) is 6.75. The number of aromatic nitrogens is 1. The van der Waals surface area contributed by atoms with Crippen molar-refractivity contribution >= 4 is 16.6 Å². The zero-order chi connectivity index (χ0) is 17.4. The lowest BCUT2D eigenvalue weighted by Crippen LogP contribution is -2.60. The third-order valence-electron chi connectivity index (χ3n) is 4.54. The van der Waals surface area contributed by atoms with Crippen molar-refractivity contribution in [2.45, 2.75) is 44.3 Å². The van der Waals surface area contributed by atoms with Crippen LogP contribution in [-0.2, 0) is 4.74 Å². The van der Waals surface area contributed by atoms with E-state index in [2.05, 4.69) is 10.3 Å². The molecule has 0 saturated carbocycles. The van der Waals surface area contributed by atoms with E-state index in [4.69, 9.17) is 4.74 Å². The molecule has 5 atom stereocenters. The van der Waals surface area contributed by atoms with Gasteiger partial charge in [-0.15, -0.1) is 0 Å². The normalized spacial score (nSPS) is 30.5. The average molecular weight is 334 g/mol. The van der Waals surface area contributed by atoms with Crippen molar-refractivity contribution in [3.05, 3.63) is 40.2 Å². The number of aliphatic hydroxyl groups is 3. The molecule has 5 unspecified atom stereocenters. The van der Waals surface area contributed by atoms with Crippen LogP contribution in [0.2, 0.25) is 0 Å². The number of aryl methyl sites for hydroxylation is 1. The van der Waals surface area contributed by atoms with Crippen molar-refractivity contribution < 1.29 is 20.1 Å². The number of aromatic amines is 1. The molecule has 5 N–H and O–H groups in total. The smallest absolute Gasteiger partial charge is 0.251 e. The Kier molecular flexibility index (Phi) is 4.60. The molecule has 0 aliphatic carbocycles. The fourth-order valence-electron chi connectivity index (χ4n) is 3.10. The van der Waals surface area contributed by atoms with E-state index < -0.39 is 30.5 Å². The number of ether oxygens (including phenoxy) is 1. The molecule has 1 saturated heterocycles. The molecule has 2 heterocycles. The number of hydrogen-bond donors (Lipinski definition) is 5. The van der Waals surface area contributed by atoms with Gasteiger partial charge in [-0.05, 0) is 37.4 Å². The summed E-state index contributed by atoms with van der Waals surface area (Å²) >= 11 is 0. The third-order valence-corrected chi connectivity index (χ3v) is 4.54. The summed E-state index contributed by atoms with van der Waals surface area (Å²) in [5, 5.41) is 33.6. The van der Waals surface area contributed by atoms with E-state index in [1.54, 1.807) is 19.9 Å². The summed E-state index contributed by atoms with van der Waals surface area (Å²) in [5.74, 6) is 0. The summed E-state index contributed by atoms with van der Waals surface area (Å²) in [6.45, 7) is 3.16. The molecular weight excluding hydrogens is 312 g/mol. The minimum atomic E-state index is -1.17. The molecule has 3 rings (SSSR count). The Labute approximate surface area is 138 Å². The number of pyridine rings is 1. The number of fused-ring (bicyclic) bond motifs is 1. The molecule has 1 fully saturated rings. The van der Waals surface area contributed by atoms with Gasteiger partial charge in [0.2, 0.25) is 0 Å². The molecule has 1 aromatic heterocycles. The third kappa shape index (κ3) is 3.03. The summed E-state index contributed by atoms with van der Waals surface area (Å²) in [5.41, 5.74) is 1.88. The van der Waals surface area contributed by atoms with Crippen molar-refractivity contribution in [3.8, 4) is 0 Å². The van der Waals surface area contributed by atoms with Crippen LogP contribution < -0.4 is 10.9 Å². The van der Waals surface area contributed by atoms with E-state index in [-0.39, 0.29) is 12.2 Å². The number of rotatable bonds is 3. The Hall–Kier alpha value is -1.93. The first-order chi connectivity index (χ1) is 11.4. The van der Waals surface area contributed by atoms with Crippen molar-refractivity contribution in [3.63, 3.8) is 0 Å². The summed E-state index contributed by atoms with van der Waals surface area (Å²) < 4.78 is 5.54. The predicted octanol–water partition coefficient (Wildman–Crippen LogP) is 0.118. The standard InChI is InChI=1S/C17H22N2O5/c1-8-5-10-3-4-11(6-12(10)19-17(8)23)18-14-9(2)24-13(7-20)15(21)16(14)22/h3-6,9,13-16,18,20-22H,7H2,1-2H3,(H,19,23).